The fraction of sp³-hybridized carbons (Fsp3) is 0.190. The van der Waals surface area contributed by atoms with Crippen molar-refractivity contribution in [3.63, 3.8) is 0 Å². The third kappa shape index (κ3) is 7.60. The fourth-order valence-corrected chi connectivity index (χ4v) is 3.51. The standard InChI is InChI=1S/C21H21N5O4S2/c27-17(24-19-25-26-21(31)32-19)12-22-18(28)16(11-14-7-3-1-4-8-14)23-20(29)30-13-15-9-5-2-6-10-15/h1-10,16H,11-13H2,(H,22,28)(H,23,29)(H,26,31)(H,24,25,27). The van der Waals surface area contributed by atoms with E-state index < -0.39 is 23.9 Å². The molecule has 1 aromatic heterocycles. The van der Waals surface area contributed by atoms with Crippen LogP contribution in [-0.4, -0.2) is 40.7 Å². The SMILES string of the molecule is O=C(CNC(=O)C(Cc1ccccc1)NC(=O)OCc1ccccc1)Nc1n[nH]c(=S)s1. The van der Waals surface area contributed by atoms with Crippen LogP contribution < -0.4 is 16.0 Å². The number of alkyl carbamates (subject to hydrolysis) is 1. The highest BCUT2D eigenvalue weighted by molar-refractivity contribution is 7.73. The molecular weight excluding hydrogens is 450 g/mol. The van der Waals surface area contributed by atoms with Crippen LogP contribution in [-0.2, 0) is 27.4 Å². The van der Waals surface area contributed by atoms with Crippen molar-refractivity contribution in [3.05, 3.63) is 75.7 Å². The minimum atomic E-state index is -0.930. The van der Waals surface area contributed by atoms with Crippen molar-refractivity contribution in [1.82, 2.24) is 20.8 Å². The second-order valence-electron chi connectivity index (χ2n) is 6.63. The van der Waals surface area contributed by atoms with Crippen LogP contribution in [0.5, 0.6) is 0 Å². The Morgan fingerprint density at radius 2 is 1.69 bits per heavy atom. The van der Waals surface area contributed by atoms with Gasteiger partial charge in [0.25, 0.3) is 0 Å². The van der Waals surface area contributed by atoms with Crippen LogP contribution in [0.15, 0.2) is 60.7 Å². The molecule has 0 spiro atoms. The topological polar surface area (TPSA) is 125 Å². The van der Waals surface area contributed by atoms with Gasteiger partial charge in [-0.25, -0.2) is 4.79 Å². The molecule has 0 aliphatic heterocycles. The van der Waals surface area contributed by atoms with Gasteiger partial charge >= 0.3 is 6.09 Å². The summed E-state index contributed by atoms with van der Waals surface area (Å²) in [5, 5.41) is 14.3. The maximum Gasteiger partial charge on any atom is 0.408 e. The lowest BCUT2D eigenvalue weighted by Gasteiger charge is -2.18. The van der Waals surface area contributed by atoms with E-state index in [1.807, 2.05) is 60.7 Å². The Bertz CT molecular complexity index is 1100. The number of H-pyrrole nitrogens is 1. The molecule has 32 heavy (non-hydrogen) atoms. The average molecular weight is 472 g/mol. The van der Waals surface area contributed by atoms with Crippen LogP contribution in [0.2, 0.25) is 0 Å². The van der Waals surface area contributed by atoms with E-state index in [1.165, 1.54) is 0 Å². The minimum absolute atomic E-state index is 0.0738. The Labute approximate surface area is 193 Å². The number of rotatable bonds is 9. The summed E-state index contributed by atoms with van der Waals surface area (Å²) in [4.78, 5) is 37.1. The van der Waals surface area contributed by atoms with E-state index in [1.54, 1.807) is 0 Å². The first-order valence-electron chi connectivity index (χ1n) is 9.64. The quantitative estimate of drug-likeness (QED) is 0.356. The van der Waals surface area contributed by atoms with Gasteiger partial charge in [-0.1, -0.05) is 72.0 Å². The Morgan fingerprint density at radius 1 is 1.03 bits per heavy atom. The number of hydrogen-bond acceptors (Lipinski definition) is 7. The van der Waals surface area contributed by atoms with Crippen LogP contribution in [0.25, 0.3) is 0 Å². The average Bonchev–Trinajstić information content (AvgIpc) is 3.21. The van der Waals surface area contributed by atoms with Crippen molar-refractivity contribution in [2.75, 3.05) is 11.9 Å². The summed E-state index contributed by atoms with van der Waals surface area (Å²) in [7, 11) is 0. The number of aromatic amines is 1. The van der Waals surface area contributed by atoms with Crippen molar-refractivity contribution in [1.29, 1.82) is 0 Å². The summed E-state index contributed by atoms with van der Waals surface area (Å²) in [5.74, 6) is -0.989. The Hall–Kier alpha value is -3.57. The molecule has 3 rings (SSSR count). The molecule has 1 atom stereocenters. The van der Waals surface area contributed by atoms with Crippen molar-refractivity contribution >= 4 is 46.6 Å². The van der Waals surface area contributed by atoms with E-state index >= 15 is 0 Å². The van der Waals surface area contributed by atoms with Crippen LogP contribution in [0, 0.1) is 3.95 Å². The van der Waals surface area contributed by atoms with Gasteiger partial charge < -0.3 is 15.4 Å². The number of benzene rings is 2. The number of carbonyl (C=O) groups excluding carboxylic acids is 3. The van der Waals surface area contributed by atoms with Gasteiger partial charge in [-0.15, -0.1) is 5.10 Å². The monoisotopic (exact) mass is 471 g/mol. The van der Waals surface area contributed by atoms with Crippen molar-refractivity contribution in [3.8, 4) is 0 Å². The highest BCUT2D eigenvalue weighted by atomic mass is 32.1. The normalized spacial score (nSPS) is 11.2. The first-order valence-corrected chi connectivity index (χ1v) is 10.9. The van der Waals surface area contributed by atoms with Gasteiger partial charge in [-0.2, -0.15) is 0 Å². The van der Waals surface area contributed by atoms with Gasteiger partial charge in [0.1, 0.15) is 12.6 Å². The molecule has 166 valence electrons. The number of nitrogens with zero attached hydrogens (tertiary/aromatic N) is 1. The molecule has 9 nitrogen and oxygen atoms in total. The first kappa shape index (κ1) is 23.1. The highest BCUT2D eigenvalue weighted by Gasteiger charge is 2.22. The molecule has 2 aromatic carbocycles. The molecule has 0 aliphatic carbocycles. The summed E-state index contributed by atoms with van der Waals surface area (Å²) >= 11 is 6.01. The van der Waals surface area contributed by atoms with Gasteiger partial charge in [-0.3, -0.25) is 20.0 Å². The Kier molecular flexibility index (Phi) is 8.46. The van der Waals surface area contributed by atoms with Crippen molar-refractivity contribution in [2.24, 2.45) is 0 Å². The van der Waals surface area contributed by atoms with E-state index in [0.717, 1.165) is 22.5 Å². The summed E-state index contributed by atoms with van der Waals surface area (Å²) in [5.41, 5.74) is 1.67. The molecular formula is C21H21N5O4S2. The third-order valence-electron chi connectivity index (χ3n) is 4.21. The van der Waals surface area contributed by atoms with E-state index in [4.69, 9.17) is 17.0 Å². The number of aromatic nitrogens is 2. The largest absolute Gasteiger partial charge is 0.445 e. The Balaban J connectivity index is 1.56. The molecule has 0 aliphatic rings. The zero-order chi connectivity index (χ0) is 22.8. The van der Waals surface area contributed by atoms with Crippen LogP contribution in [0.4, 0.5) is 9.93 Å². The lowest BCUT2D eigenvalue weighted by molar-refractivity contribution is -0.125. The van der Waals surface area contributed by atoms with Crippen LogP contribution in [0.1, 0.15) is 11.1 Å². The second-order valence-corrected chi connectivity index (χ2v) is 8.30. The van der Waals surface area contributed by atoms with Gasteiger partial charge in [0, 0.05) is 6.42 Å². The van der Waals surface area contributed by atoms with E-state index in [2.05, 4.69) is 26.1 Å². The lowest BCUT2D eigenvalue weighted by atomic mass is 10.1. The molecule has 3 amide bonds. The summed E-state index contributed by atoms with van der Waals surface area (Å²) in [6.45, 7) is -0.221. The first-order chi connectivity index (χ1) is 15.5. The maximum absolute atomic E-state index is 12.7. The molecule has 1 heterocycles. The summed E-state index contributed by atoms with van der Waals surface area (Å²) < 4.78 is 5.65. The third-order valence-corrected chi connectivity index (χ3v) is 5.22. The van der Waals surface area contributed by atoms with E-state index in [9.17, 15) is 14.4 Å². The molecule has 0 radical (unpaired) electrons. The minimum Gasteiger partial charge on any atom is -0.445 e. The number of carbonyl (C=O) groups is 3. The zero-order valence-corrected chi connectivity index (χ0v) is 18.5. The van der Waals surface area contributed by atoms with Crippen molar-refractivity contribution in [2.45, 2.75) is 19.1 Å². The van der Waals surface area contributed by atoms with Crippen LogP contribution in [0.3, 0.4) is 0 Å². The molecule has 0 bridgehead atoms. The van der Waals surface area contributed by atoms with E-state index in [0.29, 0.717) is 9.09 Å². The lowest BCUT2D eigenvalue weighted by Crippen LogP contribution is -2.49. The number of anilines is 1. The summed E-state index contributed by atoms with van der Waals surface area (Å²) in [6, 6.07) is 17.5. The van der Waals surface area contributed by atoms with E-state index in [-0.39, 0.29) is 19.6 Å². The number of hydrogen-bond donors (Lipinski definition) is 4. The maximum atomic E-state index is 12.7. The van der Waals surface area contributed by atoms with Crippen LogP contribution >= 0.6 is 23.6 Å². The molecule has 4 N–H and O–H groups in total. The highest BCUT2D eigenvalue weighted by Crippen LogP contribution is 2.10. The number of ether oxygens (including phenoxy) is 1. The predicted octanol–water partition coefficient (Wildman–Crippen LogP) is 2.79. The van der Waals surface area contributed by atoms with Gasteiger partial charge in [-0.05, 0) is 23.3 Å². The zero-order valence-electron chi connectivity index (χ0n) is 16.9. The van der Waals surface area contributed by atoms with Gasteiger partial charge in [0.05, 0.1) is 6.54 Å². The molecule has 1 unspecified atom stereocenters. The fourth-order valence-electron chi connectivity index (χ4n) is 2.70. The molecule has 0 fully saturated rings. The van der Waals surface area contributed by atoms with Gasteiger partial charge in [0.15, 0.2) is 3.95 Å². The second kappa shape index (κ2) is 11.7. The molecule has 11 heteroatoms. The van der Waals surface area contributed by atoms with Crippen molar-refractivity contribution < 1.29 is 19.1 Å². The summed E-state index contributed by atoms with van der Waals surface area (Å²) in [6.07, 6.45) is -0.499. The molecule has 0 saturated carbocycles. The molecule has 0 saturated heterocycles. The smallest absolute Gasteiger partial charge is 0.408 e. The number of nitrogens with one attached hydrogen (secondary N) is 4. The number of amides is 3. The van der Waals surface area contributed by atoms with Gasteiger partial charge in [0.2, 0.25) is 16.9 Å². The predicted molar refractivity (Wildman–Crippen MR) is 123 cm³/mol. The Morgan fingerprint density at radius 3 is 2.31 bits per heavy atom. The molecule has 3 aromatic rings.